The third-order valence-electron chi connectivity index (χ3n) is 3.10. The number of amides is 1. The highest BCUT2D eigenvalue weighted by molar-refractivity contribution is 5.85. The summed E-state index contributed by atoms with van der Waals surface area (Å²) in [6.45, 7) is 6.61. The molecule has 0 heterocycles. The highest BCUT2D eigenvalue weighted by Crippen LogP contribution is 2.22. The van der Waals surface area contributed by atoms with Gasteiger partial charge in [0.2, 0.25) is 5.91 Å². The Bertz CT molecular complexity index is 457. The zero-order valence-corrected chi connectivity index (χ0v) is 12.2. The molecule has 0 aromatic heterocycles. The van der Waals surface area contributed by atoms with Gasteiger partial charge in [-0.1, -0.05) is 18.2 Å². The molecule has 0 aliphatic carbocycles. The van der Waals surface area contributed by atoms with Gasteiger partial charge >= 0.3 is 5.97 Å². The Morgan fingerprint density at radius 2 is 1.85 bits per heavy atom. The number of hydrogen-bond donors (Lipinski definition) is 2. The molecule has 1 rings (SSSR count). The molecule has 20 heavy (non-hydrogen) atoms. The molecule has 5 nitrogen and oxygen atoms in total. The van der Waals surface area contributed by atoms with Crippen LogP contribution in [0.4, 0.5) is 5.69 Å². The van der Waals surface area contributed by atoms with Crippen LogP contribution in [0.25, 0.3) is 0 Å². The molecule has 0 radical (unpaired) electrons. The molecule has 0 atom stereocenters. The lowest BCUT2D eigenvalue weighted by atomic mass is 9.91. The van der Waals surface area contributed by atoms with E-state index in [4.69, 9.17) is 5.11 Å². The van der Waals surface area contributed by atoms with Gasteiger partial charge in [-0.15, -0.1) is 0 Å². The minimum Gasteiger partial charge on any atom is -0.480 e. The zero-order chi connectivity index (χ0) is 15.2. The molecule has 0 fully saturated rings. The van der Waals surface area contributed by atoms with Gasteiger partial charge in [0.05, 0.1) is 5.41 Å². The smallest absolute Gasteiger partial charge is 0.322 e. The molecule has 5 heteroatoms. The highest BCUT2D eigenvalue weighted by Gasteiger charge is 2.30. The molecule has 1 aromatic carbocycles. The molecule has 1 aromatic rings. The van der Waals surface area contributed by atoms with Crippen LogP contribution in [0.15, 0.2) is 30.3 Å². The summed E-state index contributed by atoms with van der Waals surface area (Å²) in [5.41, 5.74) is 0.385. The second-order valence-electron chi connectivity index (χ2n) is 5.31. The Morgan fingerprint density at radius 3 is 2.35 bits per heavy atom. The minimum atomic E-state index is -1.04. The molecular weight excluding hydrogens is 256 g/mol. The molecule has 2 N–H and O–H groups in total. The summed E-state index contributed by atoms with van der Waals surface area (Å²) in [4.78, 5) is 24.7. The monoisotopic (exact) mass is 278 g/mol. The Balaban J connectivity index is 2.72. The number of carboxylic acids is 1. The lowest BCUT2D eigenvalue weighted by molar-refractivity contribution is -0.139. The summed E-state index contributed by atoms with van der Waals surface area (Å²) in [6, 6.07) is 9.84. The van der Waals surface area contributed by atoms with E-state index in [0.29, 0.717) is 6.54 Å². The van der Waals surface area contributed by atoms with Crippen LogP contribution in [0, 0.1) is 5.41 Å². The van der Waals surface area contributed by atoms with E-state index in [1.165, 1.54) is 0 Å². The largest absolute Gasteiger partial charge is 0.480 e. The third-order valence-corrected chi connectivity index (χ3v) is 3.10. The summed E-state index contributed by atoms with van der Waals surface area (Å²) in [6.07, 6.45) is 0. The van der Waals surface area contributed by atoms with Gasteiger partial charge < -0.3 is 15.3 Å². The van der Waals surface area contributed by atoms with E-state index in [-0.39, 0.29) is 12.5 Å². The molecule has 1 amide bonds. The number of aliphatic carboxylic acids is 1. The summed E-state index contributed by atoms with van der Waals surface area (Å²) in [7, 11) is 0. The number of hydrogen-bond acceptors (Lipinski definition) is 3. The quantitative estimate of drug-likeness (QED) is 0.797. The van der Waals surface area contributed by atoms with E-state index in [2.05, 4.69) is 10.2 Å². The van der Waals surface area contributed by atoms with Crippen molar-refractivity contribution in [3.8, 4) is 0 Å². The van der Waals surface area contributed by atoms with Crippen LogP contribution in [0.2, 0.25) is 0 Å². The molecule has 0 unspecified atom stereocenters. The first kappa shape index (κ1) is 16.0. The van der Waals surface area contributed by atoms with E-state index in [1.54, 1.807) is 0 Å². The maximum atomic E-state index is 12.1. The zero-order valence-electron chi connectivity index (χ0n) is 12.2. The second-order valence-corrected chi connectivity index (χ2v) is 5.31. The van der Waals surface area contributed by atoms with Crippen molar-refractivity contribution in [2.75, 3.05) is 24.5 Å². The van der Waals surface area contributed by atoms with Gasteiger partial charge in [0.25, 0.3) is 0 Å². The van der Waals surface area contributed by atoms with E-state index >= 15 is 0 Å². The molecule has 0 aliphatic rings. The first-order valence-electron chi connectivity index (χ1n) is 6.67. The van der Waals surface area contributed by atoms with Crippen LogP contribution >= 0.6 is 0 Å². The van der Waals surface area contributed by atoms with Crippen LogP contribution in [0.1, 0.15) is 20.8 Å². The fourth-order valence-electron chi connectivity index (χ4n) is 1.97. The molecule has 110 valence electrons. The average Bonchev–Trinajstić information content (AvgIpc) is 2.43. The Hall–Kier alpha value is -2.04. The SMILES string of the molecule is CCN(CC(C)(C)C(=O)NCC(=O)O)c1ccccc1. The number of nitrogens with one attached hydrogen (secondary N) is 1. The summed E-state index contributed by atoms with van der Waals surface area (Å²) >= 11 is 0. The highest BCUT2D eigenvalue weighted by atomic mass is 16.4. The molecule has 0 aliphatic heterocycles. The van der Waals surface area contributed by atoms with E-state index < -0.39 is 11.4 Å². The third kappa shape index (κ3) is 4.57. The number of carbonyl (C=O) groups is 2. The van der Waals surface area contributed by atoms with Crippen LogP contribution < -0.4 is 10.2 Å². The summed E-state index contributed by atoms with van der Waals surface area (Å²) in [5.74, 6) is -1.29. The maximum Gasteiger partial charge on any atom is 0.322 e. The number of anilines is 1. The van der Waals surface area contributed by atoms with Gasteiger partial charge in [-0.3, -0.25) is 9.59 Å². The molecule has 0 saturated heterocycles. The number of carboxylic acid groups (broad SMARTS) is 1. The van der Waals surface area contributed by atoms with Gasteiger partial charge in [-0.2, -0.15) is 0 Å². The van der Waals surface area contributed by atoms with Crippen LogP contribution in [0.5, 0.6) is 0 Å². The fourth-order valence-corrected chi connectivity index (χ4v) is 1.97. The Morgan fingerprint density at radius 1 is 1.25 bits per heavy atom. The van der Waals surface area contributed by atoms with Crippen LogP contribution in [0.3, 0.4) is 0 Å². The predicted octanol–water partition coefficient (Wildman–Crippen LogP) is 1.74. The standard InChI is InChI=1S/C15H22N2O3/c1-4-17(12-8-6-5-7-9-12)11-15(2,3)14(20)16-10-13(18)19/h5-9H,4,10-11H2,1-3H3,(H,16,20)(H,18,19). The van der Waals surface area contributed by atoms with Gasteiger partial charge in [0.1, 0.15) is 6.54 Å². The molecule has 0 saturated carbocycles. The van der Waals surface area contributed by atoms with Gasteiger partial charge in [0.15, 0.2) is 0 Å². The van der Waals surface area contributed by atoms with Crippen molar-refractivity contribution in [3.63, 3.8) is 0 Å². The molecule has 0 spiro atoms. The first-order valence-corrected chi connectivity index (χ1v) is 6.67. The Kier molecular flexibility index (Phi) is 5.55. The normalized spacial score (nSPS) is 10.9. The first-order chi connectivity index (χ1) is 9.36. The van der Waals surface area contributed by atoms with Crippen LogP contribution in [-0.4, -0.2) is 36.6 Å². The van der Waals surface area contributed by atoms with Crippen molar-refractivity contribution in [2.24, 2.45) is 5.41 Å². The topological polar surface area (TPSA) is 69.6 Å². The van der Waals surface area contributed by atoms with E-state index in [0.717, 1.165) is 12.2 Å². The van der Waals surface area contributed by atoms with Gasteiger partial charge in [-0.25, -0.2) is 0 Å². The summed E-state index contributed by atoms with van der Waals surface area (Å²) in [5, 5.41) is 11.0. The van der Waals surface area contributed by atoms with Crippen molar-refractivity contribution in [1.29, 1.82) is 0 Å². The van der Waals surface area contributed by atoms with Crippen molar-refractivity contribution in [3.05, 3.63) is 30.3 Å². The number of nitrogens with zero attached hydrogens (tertiary/aromatic N) is 1. The van der Waals surface area contributed by atoms with Crippen LogP contribution in [-0.2, 0) is 9.59 Å². The Labute approximate surface area is 119 Å². The van der Waals surface area contributed by atoms with Gasteiger partial charge in [-0.05, 0) is 32.9 Å². The van der Waals surface area contributed by atoms with Crippen molar-refractivity contribution < 1.29 is 14.7 Å². The second kappa shape index (κ2) is 6.93. The van der Waals surface area contributed by atoms with Crippen molar-refractivity contribution in [2.45, 2.75) is 20.8 Å². The van der Waals surface area contributed by atoms with Crippen molar-refractivity contribution in [1.82, 2.24) is 5.32 Å². The maximum absolute atomic E-state index is 12.1. The lowest BCUT2D eigenvalue weighted by Crippen LogP contribution is -2.46. The van der Waals surface area contributed by atoms with Crippen molar-refractivity contribution >= 4 is 17.6 Å². The number of benzene rings is 1. The van der Waals surface area contributed by atoms with E-state index in [9.17, 15) is 9.59 Å². The molecular formula is C15H22N2O3. The number of carbonyl (C=O) groups excluding carboxylic acids is 1. The van der Waals surface area contributed by atoms with E-state index in [1.807, 2.05) is 51.1 Å². The fraction of sp³-hybridized carbons (Fsp3) is 0.467. The van der Waals surface area contributed by atoms with Gasteiger partial charge in [0, 0.05) is 18.8 Å². The lowest BCUT2D eigenvalue weighted by Gasteiger charge is -2.32. The number of rotatable bonds is 7. The average molecular weight is 278 g/mol. The predicted molar refractivity (Wildman–Crippen MR) is 78.8 cm³/mol. The summed E-state index contributed by atoms with van der Waals surface area (Å²) < 4.78 is 0. The molecule has 0 bridgehead atoms. The minimum absolute atomic E-state index is 0.255. The number of para-hydroxylation sites is 1.